The molecule has 1 heterocycles. The molecule has 2 aromatic carbocycles. The first-order chi connectivity index (χ1) is 15.1. The monoisotopic (exact) mass is 456 g/mol. The molecule has 0 unspecified atom stereocenters. The van der Waals surface area contributed by atoms with Crippen LogP contribution in [0, 0.1) is 0 Å². The number of carbonyl (C=O) groups is 1. The number of hydrogen-bond acceptors (Lipinski definition) is 5. The lowest BCUT2D eigenvalue weighted by atomic mass is 10.2. The maximum absolute atomic E-state index is 12.2. The first kappa shape index (κ1) is 21.7. The summed E-state index contributed by atoms with van der Waals surface area (Å²) >= 11 is 7.25. The van der Waals surface area contributed by atoms with Crippen molar-refractivity contribution >= 4 is 29.3 Å². The molecule has 4 rings (SSSR count). The van der Waals surface area contributed by atoms with E-state index in [1.165, 1.54) is 24.6 Å². The molecule has 1 aliphatic carbocycles. The van der Waals surface area contributed by atoms with Gasteiger partial charge in [0.1, 0.15) is 5.75 Å². The number of rotatable bonds is 8. The largest absolute Gasteiger partial charge is 0.490 e. The Balaban J connectivity index is 1.30. The summed E-state index contributed by atoms with van der Waals surface area (Å²) in [5.74, 6) is 1.87. The Hall–Kier alpha value is -2.51. The fraction of sp³-hybridized carbons (Fsp3) is 0.348. The van der Waals surface area contributed by atoms with E-state index in [4.69, 9.17) is 16.3 Å². The number of carbonyl (C=O) groups excluding carboxylic acids is 1. The van der Waals surface area contributed by atoms with E-state index < -0.39 is 0 Å². The number of halogens is 1. The van der Waals surface area contributed by atoms with Crippen LogP contribution in [0.1, 0.15) is 31.2 Å². The van der Waals surface area contributed by atoms with Crippen molar-refractivity contribution in [3.05, 3.63) is 59.1 Å². The molecule has 3 aromatic rings. The van der Waals surface area contributed by atoms with Gasteiger partial charge in [-0.05, 0) is 67.6 Å². The molecule has 0 bridgehead atoms. The molecule has 1 amide bonds. The summed E-state index contributed by atoms with van der Waals surface area (Å²) in [6.07, 6.45) is 5.12. The first-order valence-corrected chi connectivity index (χ1v) is 11.8. The van der Waals surface area contributed by atoms with Gasteiger partial charge in [-0.2, -0.15) is 0 Å². The molecule has 1 aliphatic rings. The van der Waals surface area contributed by atoms with Crippen molar-refractivity contribution < 1.29 is 9.53 Å². The number of benzene rings is 2. The third-order valence-corrected chi connectivity index (χ3v) is 6.56. The fourth-order valence-electron chi connectivity index (χ4n) is 3.56. The Kier molecular flexibility index (Phi) is 7.14. The second-order valence-electron chi connectivity index (χ2n) is 7.61. The lowest BCUT2D eigenvalue weighted by Gasteiger charge is -2.13. The highest BCUT2D eigenvalue weighted by Crippen LogP contribution is 2.27. The van der Waals surface area contributed by atoms with Gasteiger partial charge in [-0.25, -0.2) is 0 Å². The van der Waals surface area contributed by atoms with Gasteiger partial charge in [-0.3, -0.25) is 4.79 Å². The van der Waals surface area contributed by atoms with Crippen LogP contribution in [0.4, 0.5) is 0 Å². The molecule has 8 heteroatoms. The summed E-state index contributed by atoms with van der Waals surface area (Å²) < 4.78 is 7.94. The van der Waals surface area contributed by atoms with Crippen molar-refractivity contribution in [2.45, 2.75) is 43.5 Å². The highest BCUT2D eigenvalue weighted by atomic mass is 35.5. The van der Waals surface area contributed by atoms with E-state index in [9.17, 15) is 4.79 Å². The smallest absolute Gasteiger partial charge is 0.230 e. The number of aromatic nitrogens is 3. The van der Waals surface area contributed by atoms with Gasteiger partial charge in [-0.1, -0.05) is 35.5 Å². The van der Waals surface area contributed by atoms with E-state index in [0.717, 1.165) is 35.5 Å². The molecule has 0 spiro atoms. The summed E-state index contributed by atoms with van der Waals surface area (Å²) in [5, 5.41) is 12.8. The van der Waals surface area contributed by atoms with E-state index in [1.807, 2.05) is 60.1 Å². The van der Waals surface area contributed by atoms with Crippen LogP contribution in [0.25, 0.3) is 11.4 Å². The molecular formula is C23H25ClN4O2S. The fourth-order valence-corrected chi connectivity index (χ4v) is 4.42. The number of thioether (sulfide) groups is 1. The molecule has 1 saturated carbocycles. The molecule has 1 N–H and O–H groups in total. The summed E-state index contributed by atoms with van der Waals surface area (Å²) in [7, 11) is 1.91. The average molecular weight is 457 g/mol. The molecule has 1 aromatic heterocycles. The molecular weight excluding hydrogens is 432 g/mol. The molecule has 0 saturated heterocycles. The predicted octanol–water partition coefficient (Wildman–Crippen LogP) is 4.87. The Morgan fingerprint density at radius 2 is 1.84 bits per heavy atom. The molecule has 162 valence electrons. The molecule has 0 aliphatic heterocycles. The van der Waals surface area contributed by atoms with Crippen molar-refractivity contribution in [3.63, 3.8) is 0 Å². The Morgan fingerprint density at radius 3 is 2.55 bits per heavy atom. The average Bonchev–Trinajstić information content (AvgIpc) is 3.42. The maximum Gasteiger partial charge on any atom is 0.230 e. The van der Waals surface area contributed by atoms with E-state index >= 15 is 0 Å². The lowest BCUT2D eigenvalue weighted by molar-refractivity contribution is -0.118. The van der Waals surface area contributed by atoms with Gasteiger partial charge in [0.05, 0.1) is 11.9 Å². The summed E-state index contributed by atoms with van der Waals surface area (Å²) in [6.45, 7) is 0.468. The van der Waals surface area contributed by atoms with Gasteiger partial charge < -0.3 is 14.6 Å². The molecule has 1 fully saturated rings. The van der Waals surface area contributed by atoms with E-state index in [1.54, 1.807) is 0 Å². The number of hydrogen-bond donors (Lipinski definition) is 1. The van der Waals surface area contributed by atoms with Crippen molar-refractivity contribution in [1.29, 1.82) is 0 Å². The standard InChI is InChI=1S/C23H25ClN4O2S/c1-28-22(17-8-12-20(13-9-17)30-19-4-2-3-5-19)26-27-23(28)31-15-21(29)25-14-16-6-10-18(24)11-7-16/h6-13,19H,2-5,14-15H2,1H3,(H,25,29). The quantitative estimate of drug-likeness (QED) is 0.490. The van der Waals surface area contributed by atoms with Crippen molar-refractivity contribution in [2.75, 3.05) is 5.75 Å². The van der Waals surface area contributed by atoms with Gasteiger partial charge in [0.15, 0.2) is 11.0 Å². The number of amides is 1. The predicted molar refractivity (Wildman–Crippen MR) is 123 cm³/mol. The Morgan fingerprint density at radius 1 is 1.13 bits per heavy atom. The minimum atomic E-state index is -0.0575. The second kappa shape index (κ2) is 10.2. The minimum Gasteiger partial charge on any atom is -0.490 e. The Labute approximate surface area is 191 Å². The number of ether oxygens (including phenoxy) is 1. The first-order valence-electron chi connectivity index (χ1n) is 10.4. The van der Waals surface area contributed by atoms with Gasteiger partial charge >= 0.3 is 0 Å². The summed E-state index contributed by atoms with van der Waals surface area (Å²) in [4.78, 5) is 12.2. The van der Waals surface area contributed by atoms with Crippen LogP contribution in [0.5, 0.6) is 5.75 Å². The van der Waals surface area contributed by atoms with Crippen LogP contribution in [0.2, 0.25) is 5.02 Å². The molecule has 31 heavy (non-hydrogen) atoms. The Bertz CT molecular complexity index is 1020. The molecule has 0 radical (unpaired) electrons. The second-order valence-corrected chi connectivity index (χ2v) is 8.98. The molecule has 6 nitrogen and oxygen atoms in total. The summed E-state index contributed by atoms with van der Waals surface area (Å²) in [6, 6.07) is 15.4. The minimum absolute atomic E-state index is 0.0575. The molecule has 0 atom stereocenters. The van der Waals surface area contributed by atoms with E-state index in [2.05, 4.69) is 15.5 Å². The number of nitrogens with one attached hydrogen (secondary N) is 1. The summed E-state index contributed by atoms with van der Waals surface area (Å²) in [5.41, 5.74) is 1.97. The number of nitrogens with zero attached hydrogens (tertiary/aromatic N) is 3. The lowest BCUT2D eigenvalue weighted by Crippen LogP contribution is -2.24. The van der Waals surface area contributed by atoms with Crippen LogP contribution < -0.4 is 10.1 Å². The van der Waals surface area contributed by atoms with Gasteiger partial charge in [-0.15, -0.1) is 10.2 Å². The van der Waals surface area contributed by atoms with Crippen LogP contribution >= 0.6 is 23.4 Å². The van der Waals surface area contributed by atoms with Gasteiger partial charge in [0.25, 0.3) is 0 Å². The van der Waals surface area contributed by atoms with Crippen LogP contribution in [-0.4, -0.2) is 32.5 Å². The van der Waals surface area contributed by atoms with Crippen LogP contribution in [0.15, 0.2) is 53.7 Å². The normalized spacial score (nSPS) is 14.0. The third-order valence-electron chi connectivity index (χ3n) is 5.29. The zero-order valence-corrected chi connectivity index (χ0v) is 19.0. The van der Waals surface area contributed by atoms with E-state index in [-0.39, 0.29) is 11.7 Å². The highest BCUT2D eigenvalue weighted by molar-refractivity contribution is 7.99. The maximum atomic E-state index is 12.2. The SMILES string of the molecule is Cn1c(SCC(=O)NCc2ccc(Cl)cc2)nnc1-c1ccc(OC2CCCC2)cc1. The van der Waals surface area contributed by atoms with Crippen molar-refractivity contribution in [1.82, 2.24) is 20.1 Å². The van der Waals surface area contributed by atoms with Crippen LogP contribution in [0.3, 0.4) is 0 Å². The third kappa shape index (κ3) is 5.80. The van der Waals surface area contributed by atoms with Gasteiger partial charge in [0, 0.05) is 24.2 Å². The zero-order chi connectivity index (χ0) is 21.6. The van der Waals surface area contributed by atoms with Crippen molar-refractivity contribution in [2.24, 2.45) is 7.05 Å². The highest BCUT2D eigenvalue weighted by Gasteiger charge is 2.17. The van der Waals surface area contributed by atoms with Gasteiger partial charge in [0.2, 0.25) is 5.91 Å². The van der Waals surface area contributed by atoms with Crippen LogP contribution in [-0.2, 0) is 18.4 Å². The van der Waals surface area contributed by atoms with E-state index in [0.29, 0.717) is 22.8 Å². The van der Waals surface area contributed by atoms with Crippen molar-refractivity contribution in [3.8, 4) is 17.1 Å². The zero-order valence-electron chi connectivity index (χ0n) is 17.4. The topological polar surface area (TPSA) is 69.0 Å².